The molecular weight excluding hydrogens is 316 g/mol. The predicted molar refractivity (Wildman–Crippen MR) is 91.1 cm³/mol. The number of rotatable bonds is 5. The molecule has 4 nitrogen and oxygen atoms in total. The van der Waals surface area contributed by atoms with Crippen molar-refractivity contribution in [1.82, 2.24) is 8.87 Å². The fourth-order valence-corrected chi connectivity index (χ4v) is 4.75. The van der Waals surface area contributed by atoms with Gasteiger partial charge in [-0.2, -0.15) is 0 Å². The second-order valence-electron chi connectivity index (χ2n) is 5.49. The van der Waals surface area contributed by atoms with Gasteiger partial charge in [0.15, 0.2) is 0 Å². The minimum absolute atomic E-state index is 0.317. The molecule has 1 aromatic carbocycles. The summed E-state index contributed by atoms with van der Waals surface area (Å²) >= 11 is 1.53. The highest BCUT2D eigenvalue weighted by Gasteiger charge is 2.21. The third kappa shape index (κ3) is 2.69. The first-order valence-electron chi connectivity index (χ1n) is 7.01. The molecule has 0 amide bonds. The Morgan fingerprint density at radius 1 is 1.14 bits per heavy atom. The topological polar surface area (TPSA) is 42.3 Å². The van der Waals surface area contributed by atoms with Gasteiger partial charge in [0.25, 0.3) is 10.0 Å². The molecule has 116 valence electrons. The average Bonchev–Trinajstić information content (AvgIpc) is 3.08. The molecule has 0 radical (unpaired) electrons. The molecule has 6 heteroatoms. The maximum absolute atomic E-state index is 12.9. The molecular formula is C16H18N2O2S2. The Morgan fingerprint density at radius 2 is 1.86 bits per heavy atom. The molecule has 0 spiro atoms. The van der Waals surface area contributed by atoms with Crippen LogP contribution in [0.1, 0.15) is 5.56 Å². The lowest BCUT2D eigenvalue weighted by molar-refractivity contribution is 0.414. The highest BCUT2D eigenvalue weighted by molar-refractivity contribution is 7.90. The van der Waals surface area contributed by atoms with Gasteiger partial charge >= 0.3 is 0 Å². The Morgan fingerprint density at radius 3 is 2.55 bits per heavy atom. The van der Waals surface area contributed by atoms with Crippen LogP contribution in [-0.2, 0) is 16.4 Å². The van der Waals surface area contributed by atoms with Crippen molar-refractivity contribution in [2.45, 2.75) is 11.3 Å². The smallest absolute Gasteiger partial charge is 0.268 e. The maximum atomic E-state index is 12.9. The summed E-state index contributed by atoms with van der Waals surface area (Å²) in [4.78, 5) is 2.42. The molecule has 2 aromatic heterocycles. The Bertz CT molecular complexity index is 877. The molecule has 0 bridgehead atoms. The second kappa shape index (κ2) is 5.87. The van der Waals surface area contributed by atoms with Crippen molar-refractivity contribution in [2.24, 2.45) is 0 Å². The summed E-state index contributed by atoms with van der Waals surface area (Å²) in [6.07, 6.45) is 2.60. The number of benzene rings is 1. The van der Waals surface area contributed by atoms with Crippen molar-refractivity contribution in [1.29, 1.82) is 0 Å². The summed E-state index contributed by atoms with van der Waals surface area (Å²) in [5.74, 6) is 0. The summed E-state index contributed by atoms with van der Waals surface area (Å²) in [7, 11) is 0.489. The minimum atomic E-state index is -3.54. The molecule has 0 saturated heterocycles. The zero-order chi connectivity index (χ0) is 15.7. The number of aromatic nitrogens is 1. The van der Waals surface area contributed by atoms with E-state index in [2.05, 4.69) is 4.90 Å². The van der Waals surface area contributed by atoms with Crippen LogP contribution in [0.3, 0.4) is 0 Å². The fourth-order valence-electron chi connectivity index (χ4n) is 2.43. The Balaban J connectivity index is 2.10. The van der Waals surface area contributed by atoms with E-state index in [-0.39, 0.29) is 0 Å². The molecule has 0 unspecified atom stereocenters. The number of thiophene rings is 1. The highest BCUT2D eigenvalue weighted by atomic mass is 32.2. The molecule has 0 aliphatic rings. The first-order valence-corrected chi connectivity index (χ1v) is 9.40. The van der Waals surface area contributed by atoms with Gasteiger partial charge in [-0.3, -0.25) is 0 Å². The summed E-state index contributed by atoms with van der Waals surface area (Å²) in [6, 6.07) is 8.57. The number of hydrogen-bond acceptors (Lipinski definition) is 4. The van der Waals surface area contributed by atoms with Crippen molar-refractivity contribution in [3.63, 3.8) is 0 Å². The lowest BCUT2D eigenvalue weighted by atomic mass is 10.2. The molecule has 3 aromatic rings. The van der Waals surface area contributed by atoms with E-state index in [4.69, 9.17) is 0 Å². The summed E-state index contributed by atoms with van der Waals surface area (Å²) in [5, 5.41) is 4.96. The van der Waals surface area contributed by atoms with Gasteiger partial charge in [0.1, 0.15) is 0 Å². The Kier molecular flexibility index (Phi) is 4.08. The molecule has 22 heavy (non-hydrogen) atoms. The normalized spacial score (nSPS) is 12.3. The number of hydrogen-bond donors (Lipinski definition) is 0. The van der Waals surface area contributed by atoms with Crippen molar-refractivity contribution < 1.29 is 8.42 Å². The highest BCUT2D eigenvalue weighted by Crippen LogP contribution is 2.29. The molecule has 0 atom stereocenters. The number of fused-ring (bicyclic) bond motifs is 1. The fraction of sp³-hybridized carbons (Fsp3) is 0.250. The van der Waals surface area contributed by atoms with Crippen LogP contribution in [0.15, 0.2) is 52.2 Å². The van der Waals surface area contributed by atoms with Crippen molar-refractivity contribution in [3.05, 3.63) is 52.9 Å². The lowest BCUT2D eigenvalue weighted by Crippen LogP contribution is -2.15. The molecule has 2 heterocycles. The minimum Gasteiger partial charge on any atom is -0.309 e. The van der Waals surface area contributed by atoms with Crippen molar-refractivity contribution in [3.8, 4) is 0 Å². The molecule has 0 aliphatic carbocycles. The van der Waals surface area contributed by atoms with Crippen molar-refractivity contribution in [2.75, 3.05) is 20.6 Å². The SMILES string of the molecule is CN(C)CCc1cn(S(=O)(=O)c2ccccc2)c2cscc12. The molecule has 0 N–H and O–H groups in total. The summed E-state index contributed by atoms with van der Waals surface area (Å²) < 4.78 is 27.1. The van der Waals surface area contributed by atoms with Crippen LogP contribution in [0.2, 0.25) is 0 Å². The first-order chi connectivity index (χ1) is 10.5. The van der Waals surface area contributed by atoms with Crippen LogP contribution in [-0.4, -0.2) is 37.9 Å². The van der Waals surface area contributed by atoms with Gasteiger partial charge in [0, 0.05) is 28.9 Å². The summed E-state index contributed by atoms with van der Waals surface area (Å²) in [6.45, 7) is 0.889. The van der Waals surface area contributed by atoms with Gasteiger partial charge in [-0.1, -0.05) is 18.2 Å². The molecule has 0 aliphatic heterocycles. The van der Waals surface area contributed by atoms with Crippen LogP contribution in [0.5, 0.6) is 0 Å². The monoisotopic (exact) mass is 334 g/mol. The van der Waals surface area contributed by atoms with E-state index in [1.807, 2.05) is 30.9 Å². The van der Waals surface area contributed by atoms with Crippen LogP contribution in [0.4, 0.5) is 0 Å². The number of nitrogens with zero attached hydrogens (tertiary/aromatic N) is 2. The van der Waals surface area contributed by atoms with E-state index >= 15 is 0 Å². The lowest BCUT2D eigenvalue weighted by Gasteiger charge is -2.08. The van der Waals surface area contributed by atoms with Gasteiger partial charge in [-0.15, -0.1) is 11.3 Å². The quantitative estimate of drug-likeness (QED) is 0.720. The largest absolute Gasteiger partial charge is 0.309 e. The van der Waals surface area contributed by atoms with E-state index in [1.165, 1.54) is 15.3 Å². The van der Waals surface area contributed by atoms with Crippen LogP contribution in [0.25, 0.3) is 10.9 Å². The van der Waals surface area contributed by atoms with Gasteiger partial charge in [-0.25, -0.2) is 12.4 Å². The van der Waals surface area contributed by atoms with Gasteiger partial charge in [0.05, 0.1) is 10.4 Å². The predicted octanol–water partition coefficient (Wildman–Crippen LogP) is 3.04. The van der Waals surface area contributed by atoms with Crippen molar-refractivity contribution >= 4 is 32.3 Å². The third-order valence-corrected chi connectivity index (χ3v) is 6.05. The average molecular weight is 334 g/mol. The van der Waals surface area contributed by atoms with Gasteiger partial charge in [-0.05, 0) is 38.2 Å². The number of likely N-dealkylation sites (N-methyl/N-ethyl adjacent to an activating group) is 1. The Hall–Kier alpha value is -1.63. The van der Waals surface area contributed by atoms with Crippen LogP contribution < -0.4 is 0 Å². The van der Waals surface area contributed by atoms with E-state index < -0.39 is 10.0 Å². The maximum Gasteiger partial charge on any atom is 0.268 e. The standard InChI is InChI=1S/C16H18N2O2S2/c1-17(2)9-8-13-10-18(16-12-21-11-15(13)16)22(19,20)14-6-4-3-5-7-14/h3-7,10-12H,8-9H2,1-2H3. The molecule has 3 rings (SSSR count). The second-order valence-corrected chi connectivity index (χ2v) is 8.05. The van der Waals surface area contributed by atoms with Crippen LogP contribution >= 0.6 is 11.3 Å². The van der Waals surface area contributed by atoms with E-state index in [0.29, 0.717) is 4.90 Å². The van der Waals surface area contributed by atoms with Gasteiger partial charge < -0.3 is 4.90 Å². The summed E-state index contributed by atoms with van der Waals surface area (Å²) in [5.41, 5.74) is 1.84. The zero-order valence-electron chi connectivity index (χ0n) is 12.6. The molecule has 0 fully saturated rings. The Labute approximate surface area is 134 Å². The van der Waals surface area contributed by atoms with E-state index in [1.54, 1.807) is 30.5 Å². The first kappa shape index (κ1) is 15.3. The zero-order valence-corrected chi connectivity index (χ0v) is 14.2. The van der Waals surface area contributed by atoms with E-state index in [0.717, 1.165) is 29.4 Å². The molecule has 0 saturated carbocycles. The third-order valence-electron chi connectivity index (χ3n) is 3.63. The van der Waals surface area contributed by atoms with Gasteiger partial charge in [0.2, 0.25) is 0 Å². The van der Waals surface area contributed by atoms with Crippen LogP contribution in [0, 0.1) is 0 Å². The van der Waals surface area contributed by atoms with E-state index in [9.17, 15) is 8.42 Å².